The number of ether oxygens (including phenoxy) is 1. The molecule has 0 radical (unpaired) electrons. The molecule has 0 bridgehead atoms. The molecule has 1 rings (SSSR count). The summed E-state index contributed by atoms with van der Waals surface area (Å²) in [5.74, 6) is -0.898. The molecule has 2 N–H and O–H groups in total. The average Bonchev–Trinajstić information content (AvgIpc) is 2.36. The molecule has 0 saturated carbocycles. The van der Waals surface area contributed by atoms with Crippen LogP contribution in [0.5, 0.6) is 0 Å². The third kappa shape index (κ3) is 4.43. The van der Waals surface area contributed by atoms with Gasteiger partial charge in [0.05, 0.1) is 18.8 Å². The zero-order valence-corrected chi connectivity index (χ0v) is 10.4. The van der Waals surface area contributed by atoms with E-state index in [1.807, 2.05) is 0 Å². The molecule has 1 aromatic rings. The van der Waals surface area contributed by atoms with Crippen LogP contribution in [0, 0.1) is 12.7 Å². The average molecular weight is 255 g/mol. The van der Waals surface area contributed by atoms with E-state index in [1.165, 1.54) is 6.07 Å². The number of benzene rings is 1. The summed E-state index contributed by atoms with van der Waals surface area (Å²) in [6, 6.07) is 4.73. The van der Waals surface area contributed by atoms with Crippen molar-refractivity contribution in [2.75, 3.05) is 26.4 Å². The quantitative estimate of drug-likeness (QED) is 0.721. The van der Waals surface area contributed by atoms with Gasteiger partial charge in [-0.1, -0.05) is 12.1 Å². The standard InChI is InChI=1S/C13H18FNO3/c1-10-4-2-5-11(12(10)14)13(17)15-6-3-8-18-9-7-16/h2,4-5,16H,3,6-9H2,1H3,(H,15,17). The molecule has 0 fully saturated rings. The zero-order valence-electron chi connectivity index (χ0n) is 10.4. The molecule has 0 unspecified atom stereocenters. The van der Waals surface area contributed by atoms with Gasteiger partial charge in [0.15, 0.2) is 0 Å². The lowest BCUT2D eigenvalue weighted by Crippen LogP contribution is -2.26. The smallest absolute Gasteiger partial charge is 0.254 e. The lowest BCUT2D eigenvalue weighted by Gasteiger charge is -2.07. The Morgan fingerprint density at radius 2 is 2.22 bits per heavy atom. The first-order valence-electron chi connectivity index (χ1n) is 5.88. The molecule has 0 saturated heterocycles. The van der Waals surface area contributed by atoms with Crippen LogP contribution < -0.4 is 5.32 Å². The maximum atomic E-state index is 13.6. The van der Waals surface area contributed by atoms with Gasteiger partial charge in [0.25, 0.3) is 5.91 Å². The van der Waals surface area contributed by atoms with Crippen molar-refractivity contribution in [3.63, 3.8) is 0 Å². The van der Waals surface area contributed by atoms with Gasteiger partial charge in [-0.3, -0.25) is 4.79 Å². The third-order valence-electron chi connectivity index (χ3n) is 2.42. The number of carbonyl (C=O) groups is 1. The highest BCUT2D eigenvalue weighted by Crippen LogP contribution is 2.11. The summed E-state index contributed by atoms with van der Waals surface area (Å²) in [5.41, 5.74) is 0.514. The van der Waals surface area contributed by atoms with Gasteiger partial charge in [-0.2, -0.15) is 0 Å². The summed E-state index contributed by atoms with van der Waals surface area (Å²) in [7, 11) is 0. The van der Waals surface area contributed by atoms with Crippen LogP contribution in [0.1, 0.15) is 22.3 Å². The minimum atomic E-state index is -0.480. The molecule has 0 aromatic heterocycles. The highest BCUT2D eigenvalue weighted by molar-refractivity contribution is 5.94. The Morgan fingerprint density at radius 1 is 1.44 bits per heavy atom. The van der Waals surface area contributed by atoms with Crippen LogP contribution >= 0.6 is 0 Å². The Morgan fingerprint density at radius 3 is 2.94 bits per heavy atom. The van der Waals surface area contributed by atoms with Crippen LogP contribution in [0.2, 0.25) is 0 Å². The monoisotopic (exact) mass is 255 g/mol. The van der Waals surface area contributed by atoms with Crippen LogP contribution in [0.15, 0.2) is 18.2 Å². The van der Waals surface area contributed by atoms with E-state index in [9.17, 15) is 9.18 Å². The number of halogens is 1. The number of aryl methyl sites for hydroxylation is 1. The molecule has 0 aliphatic carbocycles. The van der Waals surface area contributed by atoms with Crippen LogP contribution in [0.25, 0.3) is 0 Å². The number of hydrogen-bond acceptors (Lipinski definition) is 3. The second kappa shape index (κ2) is 7.79. The number of rotatable bonds is 7. The summed E-state index contributed by atoms with van der Waals surface area (Å²) < 4.78 is 18.7. The van der Waals surface area contributed by atoms with E-state index in [0.29, 0.717) is 31.7 Å². The molecule has 0 atom stereocenters. The van der Waals surface area contributed by atoms with E-state index in [-0.39, 0.29) is 12.2 Å². The third-order valence-corrected chi connectivity index (χ3v) is 2.42. The van der Waals surface area contributed by atoms with Crippen LogP contribution in [-0.2, 0) is 4.74 Å². The minimum absolute atomic E-state index is 0.0130. The Labute approximate surface area is 106 Å². The van der Waals surface area contributed by atoms with Gasteiger partial charge < -0.3 is 15.2 Å². The summed E-state index contributed by atoms with van der Waals surface area (Å²) in [4.78, 5) is 11.7. The fourth-order valence-corrected chi connectivity index (χ4v) is 1.46. The van der Waals surface area contributed by atoms with E-state index < -0.39 is 11.7 Å². The zero-order chi connectivity index (χ0) is 13.4. The Balaban J connectivity index is 2.35. The van der Waals surface area contributed by atoms with Crippen molar-refractivity contribution in [2.45, 2.75) is 13.3 Å². The minimum Gasteiger partial charge on any atom is -0.394 e. The summed E-state index contributed by atoms with van der Waals surface area (Å²) in [6.07, 6.45) is 0.624. The van der Waals surface area contributed by atoms with Crippen molar-refractivity contribution in [1.82, 2.24) is 5.32 Å². The summed E-state index contributed by atoms with van der Waals surface area (Å²) >= 11 is 0. The molecule has 100 valence electrons. The van der Waals surface area contributed by atoms with Crippen molar-refractivity contribution in [2.24, 2.45) is 0 Å². The van der Waals surface area contributed by atoms with Crippen LogP contribution in [-0.4, -0.2) is 37.4 Å². The molecule has 5 heteroatoms. The second-order valence-corrected chi connectivity index (χ2v) is 3.88. The first-order chi connectivity index (χ1) is 8.66. The molecule has 0 aliphatic heterocycles. The van der Waals surface area contributed by atoms with E-state index in [0.717, 1.165) is 0 Å². The fraction of sp³-hybridized carbons (Fsp3) is 0.462. The van der Waals surface area contributed by atoms with Crippen molar-refractivity contribution < 1.29 is 19.0 Å². The van der Waals surface area contributed by atoms with Crippen molar-refractivity contribution in [3.05, 3.63) is 35.1 Å². The largest absolute Gasteiger partial charge is 0.394 e. The Kier molecular flexibility index (Phi) is 6.32. The Hall–Kier alpha value is -1.46. The lowest BCUT2D eigenvalue weighted by atomic mass is 10.1. The molecular weight excluding hydrogens is 237 g/mol. The molecule has 1 aromatic carbocycles. The number of carbonyl (C=O) groups excluding carboxylic acids is 1. The van der Waals surface area contributed by atoms with Gasteiger partial charge in [-0.25, -0.2) is 4.39 Å². The molecule has 1 amide bonds. The maximum Gasteiger partial charge on any atom is 0.254 e. The second-order valence-electron chi connectivity index (χ2n) is 3.88. The number of hydrogen-bond donors (Lipinski definition) is 2. The molecule has 0 spiro atoms. The van der Waals surface area contributed by atoms with Gasteiger partial charge in [0, 0.05) is 13.2 Å². The first kappa shape index (κ1) is 14.6. The predicted octanol–water partition coefficient (Wildman–Crippen LogP) is 1.26. The van der Waals surface area contributed by atoms with Gasteiger partial charge in [-0.15, -0.1) is 0 Å². The van der Waals surface area contributed by atoms with Gasteiger partial charge in [0.1, 0.15) is 5.82 Å². The number of aliphatic hydroxyl groups is 1. The number of nitrogens with one attached hydrogen (secondary N) is 1. The van der Waals surface area contributed by atoms with Crippen molar-refractivity contribution >= 4 is 5.91 Å². The highest BCUT2D eigenvalue weighted by Gasteiger charge is 2.11. The van der Waals surface area contributed by atoms with Crippen molar-refractivity contribution in [1.29, 1.82) is 0 Å². The van der Waals surface area contributed by atoms with E-state index in [2.05, 4.69) is 5.32 Å². The number of aliphatic hydroxyl groups excluding tert-OH is 1. The fourth-order valence-electron chi connectivity index (χ4n) is 1.46. The normalized spacial score (nSPS) is 10.4. The summed E-state index contributed by atoms with van der Waals surface area (Å²) in [6.45, 7) is 2.77. The lowest BCUT2D eigenvalue weighted by molar-refractivity contribution is 0.0866. The number of amides is 1. The van der Waals surface area contributed by atoms with Gasteiger partial charge >= 0.3 is 0 Å². The maximum absolute atomic E-state index is 13.6. The first-order valence-corrected chi connectivity index (χ1v) is 5.88. The molecular formula is C13H18FNO3. The van der Waals surface area contributed by atoms with E-state index in [4.69, 9.17) is 9.84 Å². The van der Waals surface area contributed by atoms with Crippen LogP contribution in [0.4, 0.5) is 4.39 Å². The van der Waals surface area contributed by atoms with Crippen molar-refractivity contribution in [3.8, 4) is 0 Å². The SMILES string of the molecule is Cc1cccc(C(=O)NCCCOCCO)c1F. The molecule has 0 aliphatic rings. The topological polar surface area (TPSA) is 58.6 Å². The molecule has 18 heavy (non-hydrogen) atoms. The van der Waals surface area contributed by atoms with Gasteiger partial charge in [0.2, 0.25) is 0 Å². The van der Waals surface area contributed by atoms with E-state index in [1.54, 1.807) is 19.1 Å². The van der Waals surface area contributed by atoms with Gasteiger partial charge in [-0.05, 0) is 25.0 Å². The predicted molar refractivity (Wildman–Crippen MR) is 66.0 cm³/mol. The van der Waals surface area contributed by atoms with E-state index >= 15 is 0 Å². The summed E-state index contributed by atoms with van der Waals surface area (Å²) in [5, 5.41) is 11.1. The van der Waals surface area contributed by atoms with Crippen LogP contribution in [0.3, 0.4) is 0 Å². The molecule has 4 nitrogen and oxygen atoms in total. The highest BCUT2D eigenvalue weighted by atomic mass is 19.1. The Bertz CT molecular complexity index is 396. The molecule has 0 heterocycles.